The Kier molecular flexibility index (Phi) is 4.43. The fourth-order valence-electron chi connectivity index (χ4n) is 2.59. The summed E-state index contributed by atoms with van der Waals surface area (Å²) in [7, 11) is 1.74. The summed E-state index contributed by atoms with van der Waals surface area (Å²) in [5.41, 5.74) is 1.43. The molecule has 2 nitrogen and oxygen atoms in total. The Bertz CT molecular complexity index is 351. The van der Waals surface area contributed by atoms with Crippen LogP contribution in [0.25, 0.3) is 0 Å². The highest BCUT2D eigenvalue weighted by Gasteiger charge is 2.23. The molecule has 1 aliphatic rings. The molecule has 2 rings (SSSR count). The van der Waals surface area contributed by atoms with Gasteiger partial charge in [0.05, 0.1) is 7.11 Å². The molecule has 0 spiro atoms. The second-order valence-electron chi connectivity index (χ2n) is 4.92. The van der Waals surface area contributed by atoms with Crippen LogP contribution in [0.3, 0.4) is 0 Å². The van der Waals surface area contributed by atoms with Crippen molar-refractivity contribution in [3.05, 3.63) is 29.8 Å². The monoisotopic (exact) mass is 233 g/mol. The summed E-state index contributed by atoms with van der Waals surface area (Å²) >= 11 is 0. The van der Waals surface area contributed by atoms with Gasteiger partial charge in [-0.15, -0.1) is 0 Å². The van der Waals surface area contributed by atoms with Crippen LogP contribution in [0, 0.1) is 0 Å². The van der Waals surface area contributed by atoms with Gasteiger partial charge in [0.15, 0.2) is 0 Å². The van der Waals surface area contributed by atoms with Crippen LogP contribution in [-0.4, -0.2) is 31.6 Å². The van der Waals surface area contributed by atoms with Gasteiger partial charge in [0.25, 0.3) is 0 Å². The van der Waals surface area contributed by atoms with E-state index in [9.17, 15) is 0 Å². The van der Waals surface area contributed by atoms with Gasteiger partial charge in [0.2, 0.25) is 0 Å². The molecule has 0 amide bonds. The molecule has 17 heavy (non-hydrogen) atoms. The van der Waals surface area contributed by atoms with E-state index in [2.05, 4.69) is 30.0 Å². The molecule has 0 radical (unpaired) electrons. The van der Waals surface area contributed by atoms with E-state index in [4.69, 9.17) is 4.74 Å². The van der Waals surface area contributed by atoms with Gasteiger partial charge >= 0.3 is 0 Å². The van der Waals surface area contributed by atoms with E-state index in [1.807, 2.05) is 6.07 Å². The van der Waals surface area contributed by atoms with Crippen LogP contribution in [0.15, 0.2) is 24.3 Å². The molecule has 1 unspecified atom stereocenters. The zero-order valence-corrected chi connectivity index (χ0v) is 11.0. The van der Waals surface area contributed by atoms with E-state index in [1.54, 1.807) is 7.11 Å². The summed E-state index contributed by atoms with van der Waals surface area (Å²) in [5.74, 6) is 1.68. The van der Waals surface area contributed by atoms with Gasteiger partial charge in [-0.05, 0) is 49.5 Å². The highest BCUT2D eigenvalue weighted by atomic mass is 16.5. The van der Waals surface area contributed by atoms with E-state index >= 15 is 0 Å². The van der Waals surface area contributed by atoms with Crippen molar-refractivity contribution in [3.63, 3.8) is 0 Å². The predicted molar refractivity (Wildman–Crippen MR) is 71.7 cm³/mol. The maximum absolute atomic E-state index is 5.29. The van der Waals surface area contributed by atoms with Crippen molar-refractivity contribution in [2.45, 2.75) is 32.1 Å². The lowest BCUT2D eigenvalue weighted by Crippen LogP contribution is -2.21. The summed E-state index contributed by atoms with van der Waals surface area (Å²) in [6.45, 7) is 5.99. The summed E-state index contributed by atoms with van der Waals surface area (Å²) in [5, 5.41) is 0. The number of likely N-dealkylation sites (tertiary alicyclic amines) is 1. The SMILES string of the molecule is CCCCN1CCC(c2cccc(OC)c2)C1. The molecular formula is C15H23NO. The Morgan fingerprint density at radius 1 is 1.41 bits per heavy atom. The highest BCUT2D eigenvalue weighted by Crippen LogP contribution is 2.29. The van der Waals surface area contributed by atoms with Crippen LogP contribution in [0.5, 0.6) is 5.75 Å². The zero-order chi connectivity index (χ0) is 12.1. The van der Waals surface area contributed by atoms with Crippen LogP contribution in [-0.2, 0) is 0 Å². The van der Waals surface area contributed by atoms with Gasteiger partial charge in [-0.2, -0.15) is 0 Å². The molecule has 1 atom stereocenters. The van der Waals surface area contributed by atoms with Crippen LogP contribution in [0.1, 0.15) is 37.7 Å². The molecule has 1 heterocycles. The average molecular weight is 233 g/mol. The zero-order valence-electron chi connectivity index (χ0n) is 11.0. The summed E-state index contributed by atoms with van der Waals surface area (Å²) in [6.07, 6.45) is 3.90. The number of unbranched alkanes of at least 4 members (excludes halogenated alkanes) is 1. The van der Waals surface area contributed by atoms with Gasteiger partial charge in [0, 0.05) is 6.54 Å². The van der Waals surface area contributed by atoms with Crippen LogP contribution >= 0.6 is 0 Å². The number of rotatable bonds is 5. The van der Waals surface area contributed by atoms with Gasteiger partial charge in [-0.1, -0.05) is 25.5 Å². The molecule has 1 aromatic carbocycles. The van der Waals surface area contributed by atoms with E-state index in [0.29, 0.717) is 5.92 Å². The van der Waals surface area contributed by atoms with Crippen molar-refractivity contribution < 1.29 is 4.74 Å². The first-order valence-corrected chi connectivity index (χ1v) is 6.69. The Morgan fingerprint density at radius 2 is 2.29 bits per heavy atom. The number of methoxy groups -OCH3 is 1. The van der Waals surface area contributed by atoms with Crippen molar-refractivity contribution in [1.29, 1.82) is 0 Å². The highest BCUT2D eigenvalue weighted by molar-refractivity contribution is 5.31. The normalized spacial score (nSPS) is 20.7. The second kappa shape index (κ2) is 6.06. The average Bonchev–Trinajstić information content (AvgIpc) is 2.85. The molecule has 0 aromatic heterocycles. The topological polar surface area (TPSA) is 12.5 Å². The summed E-state index contributed by atoms with van der Waals surface area (Å²) in [4.78, 5) is 2.59. The fourth-order valence-corrected chi connectivity index (χ4v) is 2.59. The maximum atomic E-state index is 5.29. The van der Waals surface area contributed by atoms with Gasteiger partial charge < -0.3 is 9.64 Å². The third-order valence-electron chi connectivity index (χ3n) is 3.67. The van der Waals surface area contributed by atoms with Gasteiger partial charge in [-0.25, -0.2) is 0 Å². The molecule has 1 aromatic rings. The number of benzene rings is 1. The van der Waals surface area contributed by atoms with Crippen molar-refractivity contribution in [2.24, 2.45) is 0 Å². The minimum absolute atomic E-state index is 0.696. The Hall–Kier alpha value is -1.02. The first-order chi connectivity index (χ1) is 8.33. The van der Waals surface area contributed by atoms with Gasteiger partial charge in [0.1, 0.15) is 5.75 Å². The molecule has 0 bridgehead atoms. The number of ether oxygens (including phenoxy) is 1. The quantitative estimate of drug-likeness (QED) is 0.774. The molecular weight excluding hydrogens is 210 g/mol. The van der Waals surface area contributed by atoms with Crippen molar-refractivity contribution >= 4 is 0 Å². The lowest BCUT2D eigenvalue weighted by molar-refractivity contribution is 0.328. The standard InChI is InChI=1S/C15H23NO/c1-3-4-9-16-10-8-14(12-16)13-6-5-7-15(11-13)17-2/h5-7,11,14H,3-4,8-10,12H2,1-2H3. The third-order valence-corrected chi connectivity index (χ3v) is 3.67. The lowest BCUT2D eigenvalue weighted by atomic mass is 9.98. The summed E-state index contributed by atoms with van der Waals surface area (Å²) in [6, 6.07) is 8.54. The smallest absolute Gasteiger partial charge is 0.119 e. The second-order valence-corrected chi connectivity index (χ2v) is 4.92. The third kappa shape index (κ3) is 3.22. The van der Waals surface area contributed by atoms with Crippen molar-refractivity contribution in [1.82, 2.24) is 4.90 Å². The lowest BCUT2D eigenvalue weighted by Gasteiger charge is -2.15. The van der Waals surface area contributed by atoms with Crippen LogP contribution < -0.4 is 4.74 Å². The molecule has 1 aliphatic heterocycles. The molecule has 0 aliphatic carbocycles. The van der Waals surface area contributed by atoms with E-state index in [0.717, 1.165) is 5.75 Å². The minimum atomic E-state index is 0.696. The van der Waals surface area contributed by atoms with E-state index in [-0.39, 0.29) is 0 Å². The fraction of sp³-hybridized carbons (Fsp3) is 0.600. The molecule has 0 saturated carbocycles. The van der Waals surface area contributed by atoms with Crippen molar-refractivity contribution in [3.8, 4) is 5.75 Å². The number of hydrogen-bond acceptors (Lipinski definition) is 2. The Morgan fingerprint density at radius 3 is 3.06 bits per heavy atom. The van der Waals surface area contributed by atoms with Crippen LogP contribution in [0.2, 0.25) is 0 Å². The summed E-state index contributed by atoms with van der Waals surface area (Å²) < 4.78 is 5.29. The first kappa shape index (κ1) is 12.4. The van der Waals surface area contributed by atoms with E-state index in [1.165, 1.54) is 44.5 Å². The minimum Gasteiger partial charge on any atom is -0.497 e. The molecule has 1 saturated heterocycles. The molecule has 2 heteroatoms. The number of nitrogens with zero attached hydrogens (tertiary/aromatic N) is 1. The Balaban J connectivity index is 1.94. The molecule has 94 valence electrons. The predicted octanol–water partition coefficient (Wildman–Crippen LogP) is 3.28. The van der Waals surface area contributed by atoms with E-state index < -0.39 is 0 Å². The van der Waals surface area contributed by atoms with Crippen molar-refractivity contribution in [2.75, 3.05) is 26.7 Å². The van der Waals surface area contributed by atoms with Gasteiger partial charge in [-0.3, -0.25) is 0 Å². The largest absolute Gasteiger partial charge is 0.497 e. The van der Waals surface area contributed by atoms with Crippen LogP contribution in [0.4, 0.5) is 0 Å². The maximum Gasteiger partial charge on any atom is 0.119 e. The first-order valence-electron chi connectivity index (χ1n) is 6.69. The number of hydrogen-bond donors (Lipinski definition) is 0. The Labute approximate surface area is 105 Å². The molecule has 0 N–H and O–H groups in total. The molecule has 1 fully saturated rings.